The van der Waals surface area contributed by atoms with E-state index >= 15 is 0 Å². The first-order valence-corrected chi connectivity index (χ1v) is 9.43. The van der Waals surface area contributed by atoms with E-state index in [1.54, 1.807) is 31.3 Å². The number of piperazine rings is 1. The number of hydrogen-bond acceptors (Lipinski definition) is 5. The van der Waals surface area contributed by atoms with E-state index in [2.05, 4.69) is 20.5 Å². The molecule has 2 amide bonds. The van der Waals surface area contributed by atoms with Crippen molar-refractivity contribution in [3.05, 3.63) is 57.8 Å². The average Bonchev–Trinajstić information content (AvgIpc) is 2.71. The number of aromatic nitrogens is 1. The lowest BCUT2D eigenvalue weighted by molar-refractivity contribution is 0.249. The highest BCUT2D eigenvalue weighted by Crippen LogP contribution is 2.22. The molecular formula is C20H23FN6O2. The Morgan fingerprint density at radius 1 is 1.28 bits per heavy atom. The molecule has 1 aliphatic heterocycles. The average molecular weight is 398 g/mol. The standard InChI is InChI=1S/C20H23FN6O2/c1-2-23-20(29)25-17-10-15(12-24-19(17)28)13-26-5-7-27(8-6-26)18-4-3-14(11-22)9-16(18)21/h3-4,9-10,12H,2,5-8,13H2,1H3,(H,24,28)(H2,23,25,29). The molecule has 1 saturated heterocycles. The number of carbonyl (C=O) groups is 1. The number of hydrogen-bond donors (Lipinski definition) is 3. The Balaban J connectivity index is 1.60. The first-order valence-electron chi connectivity index (χ1n) is 9.43. The van der Waals surface area contributed by atoms with Gasteiger partial charge in [-0.3, -0.25) is 9.69 Å². The molecule has 152 valence electrons. The van der Waals surface area contributed by atoms with Gasteiger partial charge >= 0.3 is 6.03 Å². The van der Waals surface area contributed by atoms with E-state index in [1.165, 1.54) is 6.07 Å². The van der Waals surface area contributed by atoms with Crippen LogP contribution in [0.4, 0.5) is 20.6 Å². The second kappa shape index (κ2) is 9.21. The van der Waals surface area contributed by atoms with Gasteiger partial charge in [0.2, 0.25) is 0 Å². The van der Waals surface area contributed by atoms with Crippen LogP contribution in [0.5, 0.6) is 0 Å². The number of carbonyl (C=O) groups excluding carboxylic acids is 1. The molecule has 3 rings (SSSR count). The fourth-order valence-electron chi connectivity index (χ4n) is 3.28. The van der Waals surface area contributed by atoms with Crippen LogP contribution in [0.25, 0.3) is 0 Å². The molecule has 3 N–H and O–H groups in total. The maximum absolute atomic E-state index is 14.2. The predicted octanol–water partition coefficient (Wildman–Crippen LogP) is 1.85. The lowest BCUT2D eigenvalue weighted by Gasteiger charge is -2.36. The number of halogens is 1. The molecule has 1 fully saturated rings. The molecule has 0 aliphatic carbocycles. The zero-order valence-corrected chi connectivity index (χ0v) is 16.2. The number of benzene rings is 1. The number of nitrogens with one attached hydrogen (secondary N) is 3. The first kappa shape index (κ1) is 20.4. The van der Waals surface area contributed by atoms with Crippen LogP contribution in [-0.2, 0) is 6.54 Å². The molecule has 8 nitrogen and oxygen atoms in total. The minimum atomic E-state index is -0.423. The smallest absolute Gasteiger partial charge is 0.319 e. The van der Waals surface area contributed by atoms with Crippen LogP contribution in [0.1, 0.15) is 18.1 Å². The summed E-state index contributed by atoms with van der Waals surface area (Å²) in [7, 11) is 0. The molecule has 1 aromatic heterocycles. The summed E-state index contributed by atoms with van der Waals surface area (Å²) in [5.74, 6) is -0.390. The van der Waals surface area contributed by atoms with Gasteiger partial charge in [0.25, 0.3) is 5.56 Å². The summed E-state index contributed by atoms with van der Waals surface area (Å²) in [5, 5.41) is 14.0. The van der Waals surface area contributed by atoms with Crippen LogP contribution in [0.15, 0.2) is 35.3 Å². The van der Waals surface area contributed by atoms with E-state index < -0.39 is 6.03 Å². The third-order valence-corrected chi connectivity index (χ3v) is 4.74. The third kappa shape index (κ3) is 5.12. The minimum absolute atomic E-state index is 0.201. The summed E-state index contributed by atoms with van der Waals surface area (Å²) in [5.41, 5.74) is 1.52. The molecule has 0 radical (unpaired) electrons. The van der Waals surface area contributed by atoms with Gasteiger partial charge < -0.3 is 20.5 Å². The van der Waals surface area contributed by atoms with E-state index in [0.717, 1.165) is 18.7 Å². The Kier molecular flexibility index (Phi) is 6.46. The zero-order valence-electron chi connectivity index (χ0n) is 16.2. The molecule has 2 aromatic rings. The zero-order chi connectivity index (χ0) is 20.8. The summed E-state index contributed by atoms with van der Waals surface area (Å²) in [6, 6.07) is 7.70. The summed E-state index contributed by atoms with van der Waals surface area (Å²) in [6.45, 7) is 5.60. The van der Waals surface area contributed by atoms with Crippen molar-refractivity contribution in [1.82, 2.24) is 15.2 Å². The molecule has 9 heteroatoms. The summed E-state index contributed by atoms with van der Waals surface area (Å²) in [4.78, 5) is 30.4. The molecule has 0 atom stereocenters. The van der Waals surface area contributed by atoms with E-state index in [0.29, 0.717) is 37.4 Å². The van der Waals surface area contributed by atoms with E-state index in [4.69, 9.17) is 5.26 Å². The number of urea groups is 1. The molecular weight excluding hydrogens is 375 g/mol. The highest BCUT2D eigenvalue weighted by atomic mass is 19.1. The number of nitriles is 1. The number of pyridine rings is 1. The molecule has 0 saturated carbocycles. The van der Waals surface area contributed by atoms with Crippen LogP contribution in [0.3, 0.4) is 0 Å². The van der Waals surface area contributed by atoms with Crippen LogP contribution >= 0.6 is 0 Å². The van der Waals surface area contributed by atoms with Crippen molar-refractivity contribution in [3.63, 3.8) is 0 Å². The molecule has 1 aliphatic rings. The van der Waals surface area contributed by atoms with Crippen molar-refractivity contribution in [2.45, 2.75) is 13.5 Å². The Morgan fingerprint density at radius 2 is 2.03 bits per heavy atom. The van der Waals surface area contributed by atoms with Gasteiger partial charge in [0, 0.05) is 45.5 Å². The number of aromatic amines is 1. The lowest BCUT2D eigenvalue weighted by atomic mass is 10.1. The van der Waals surface area contributed by atoms with Crippen molar-refractivity contribution in [2.24, 2.45) is 0 Å². The Morgan fingerprint density at radius 3 is 2.69 bits per heavy atom. The first-order chi connectivity index (χ1) is 14.0. The van der Waals surface area contributed by atoms with Crippen molar-refractivity contribution < 1.29 is 9.18 Å². The van der Waals surface area contributed by atoms with Crippen molar-refractivity contribution in [2.75, 3.05) is 42.9 Å². The van der Waals surface area contributed by atoms with Gasteiger partial charge in [0.1, 0.15) is 11.5 Å². The predicted molar refractivity (Wildman–Crippen MR) is 108 cm³/mol. The van der Waals surface area contributed by atoms with Crippen LogP contribution in [0.2, 0.25) is 0 Å². The van der Waals surface area contributed by atoms with Crippen LogP contribution in [0, 0.1) is 17.1 Å². The number of amides is 2. The highest BCUT2D eigenvalue weighted by Gasteiger charge is 2.20. The van der Waals surface area contributed by atoms with E-state index in [9.17, 15) is 14.0 Å². The van der Waals surface area contributed by atoms with Crippen molar-refractivity contribution in [1.29, 1.82) is 5.26 Å². The highest BCUT2D eigenvalue weighted by molar-refractivity contribution is 5.88. The summed E-state index contributed by atoms with van der Waals surface area (Å²) >= 11 is 0. The topological polar surface area (TPSA) is 104 Å². The Hall–Kier alpha value is -3.38. The molecule has 29 heavy (non-hydrogen) atoms. The second-order valence-corrected chi connectivity index (χ2v) is 6.78. The number of anilines is 2. The minimum Gasteiger partial charge on any atom is -0.367 e. The van der Waals surface area contributed by atoms with Crippen molar-refractivity contribution >= 4 is 17.4 Å². The fourth-order valence-corrected chi connectivity index (χ4v) is 3.28. The quantitative estimate of drug-likeness (QED) is 0.713. The van der Waals surface area contributed by atoms with Crippen LogP contribution < -0.4 is 21.1 Å². The van der Waals surface area contributed by atoms with Gasteiger partial charge in [-0.05, 0) is 36.8 Å². The molecule has 1 aromatic carbocycles. The van der Waals surface area contributed by atoms with E-state index in [-0.39, 0.29) is 17.1 Å². The summed E-state index contributed by atoms with van der Waals surface area (Å²) < 4.78 is 14.2. The monoisotopic (exact) mass is 398 g/mol. The molecule has 2 heterocycles. The maximum atomic E-state index is 14.2. The third-order valence-electron chi connectivity index (χ3n) is 4.74. The Bertz CT molecular complexity index is 976. The van der Waals surface area contributed by atoms with Gasteiger partial charge in [-0.2, -0.15) is 5.26 Å². The van der Waals surface area contributed by atoms with Gasteiger partial charge in [0.15, 0.2) is 0 Å². The Labute approximate surface area is 167 Å². The van der Waals surface area contributed by atoms with Gasteiger partial charge in [0.05, 0.1) is 17.3 Å². The van der Waals surface area contributed by atoms with Gasteiger partial charge in [-0.15, -0.1) is 0 Å². The van der Waals surface area contributed by atoms with Gasteiger partial charge in [-0.1, -0.05) is 0 Å². The largest absolute Gasteiger partial charge is 0.367 e. The normalized spacial score (nSPS) is 14.3. The number of rotatable bonds is 5. The molecule has 0 bridgehead atoms. The van der Waals surface area contributed by atoms with Crippen LogP contribution in [-0.4, -0.2) is 48.6 Å². The maximum Gasteiger partial charge on any atom is 0.319 e. The van der Waals surface area contributed by atoms with Gasteiger partial charge in [-0.25, -0.2) is 9.18 Å². The SMILES string of the molecule is CCNC(=O)Nc1cc(CN2CCN(c3ccc(C#N)cc3F)CC2)c[nH]c1=O. The van der Waals surface area contributed by atoms with E-state index in [1.807, 2.05) is 11.0 Å². The molecule has 0 unspecified atom stereocenters. The number of nitrogens with zero attached hydrogens (tertiary/aromatic N) is 3. The fraction of sp³-hybridized carbons (Fsp3) is 0.350. The second-order valence-electron chi connectivity index (χ2n) is 6.78. The van der Waals surface area contributed by atoms with Crippen molar-refractivity contribution in [3.8, 4) is 6.07 Å². The molecule has 0 spiro atoms. The summed E-state index contributed by atoms with van der Waals surface area (Å²) in [6.07, 6.45) is 1.64. The lowest BCUT2D eigenvalue weighted by Crippen LogP contribution is -2.46. The number of H-pyrrole nitrogens is 1.